The maximum Gasteiger partial charge on any atom is 0.186 e. The van der Waals surface area contributed by atoms with Crippen LogP contribution < -0.4 is 0 Å². The zero-order valence-electron chi connectivity index (χ0n) is 8.73. The molecule has 1 aromatic rings. The lowest BCUT2D eigenvalue weighted by molar-refractivity contribution is -0.119. The van der Waals surface area contributed by atoms with Crippen LogP contribution in [0.5, 0.6) is 0 Å². The Kier molecular flexibility index (Phi) is 3.41. The highest BCUT2D eigenvalue weighted by molar-refractivity contribution is 9.10. The van der Waals surface area contributed by atoms with E-state index in [0.717, 1.165) is 22.0 Å². The fourth-order valence-electron chi connectivity index (χ4n) is 1.70. The van der Waals surface area contributed by atoms with Crippen LogP contribution in [0, 0.1) is 0 Å². The number of rotatable bonds is 3. The molecule has 0 amide bonds. The van der Waals surface area contributed by atoms with Crippen LogP contribution in [0.4, 0.5) is 0 Å². The van der Waals surface area contributed by atoms with Crippen LogP contribution in [-0.4, -0.2) is 30.6 Å². The highest BCUT2D eigenvalue weighted by Gasteiger charge is 2.26. The molecule has 4 heteroatoms. The Hall–Kier alpha value is -1.13. The van der Waals surface area contributed by atoms with Crippen molar-refractivity contribution in [1.29, 1.82) is 0 Å². The van der Waals surface area contributed by atoms with Crippen molar-refractivity contribution in [2.75, 3.05) is 13.2 Å². The first-order valence-corrected chi connectivity index (χ1v) is 5.80. The second-order valence-corrected chi connectivity index (χ2v) is 4.46. The molecule has 3 nitrogen and oxygen atoms in total. The Balaban J connectivity index is 2.18. The number of halogens is 1. The van der Waals surface area contributed by atoms with Gasteiger partial charge in [-0.1, -0.05) is 34.6 Å². The molecular formula is C12H12BrNO2. The number of aldehydes is 1. The lowest BCUT2D eigenvalue weighted by Crippen LogP contribution is -2.29. The maximum absolute atomic E-state index is 10.8. The Bertz CT molecular complexity index is 402. The molecule has 0 aromatic heterocycles. The molecule has 16 heavy (non-hydrogen) atoms. The van der Waals surface area contributed by atoms with Gasteiger partial charge in [0.25, 0.3) is 0 Å². The second kappa shape index (κ2) is 4.80. The van der Waals surface area contributed by atoms with Crippen molar-refractivity contribution in [3.8, 4) is 0 Å². The highest BCUT2D eigenvalue weighted by atomic mass is 79.9. The molecular weight excluding hydrogens is 270 g/mol. The number of ether oxygens (including phenoxy) is 1. The van der Waals surface area contributed by atoms with Crippen LogP contribution in [-0.2, 0) is 9.53 Å². The van der Waals surface area contributed by atoms with E-state index in [4.69, 9.17) is 4.74 Å². The number of carbonyl (C=O) groups is 1. The number of nitrogens with zero attached hydrogens (tertiary/aromatic N) is 1. The normalized spacial score (nSPS) is 19.8. The van der Waals surface area contributed by atoms with Crippen molar-refractivity contribution in [3.63, 3.8) is 0 Å². The molecule has 0 saturated carbocycles. The Labute approximate surface area is 103 Å². The summed E-state index contributed by atoms with van der Waals surface area (Å²) < 4.78 is 6.29. The summed E-state index contributed by atoms with van der Waals surface area (Å²) >= 11 is 3.38. The van der Waals surface area contributed by atoms with Gasteiger partial charge in [0.2, 0.25) is 0 Å². The van der Waals surface area contributed by atoms with Gasteiger partial charge in [0, 0.05) is 16.7 Å². The molecule has 2 rings (SSSR count). The lowest BCUT2D eigenvalue weighted by atomic mass is 10.1. The van der Waals surface area contributed by atoms with Crippen LogP contribution in [0.25, 0.3) is 5.70 Å². The molecule has 0 radical (unpaired) electrons. The van der Waals surface area contributed by atoms with Gasteiger partial charge in [-0.2, -0.15) is 0 Å². The summed E-state index contributed by atoms with van der Waals surface area (Å²) in [5.74, 6) is 0. The summed E-state index contributed by atoms with van der Waals surface area (Å²) in [4.78, 5) is 12.7. The van der Waals surface area contributed by atoms with Crippen molar-refractivity contribution in [1.82, 2.24) is 4.90 Å². The highest BCUT2D eigenvalue weighted by Crippen LogP contribution is 2.24. The summed E-state index contributed by atoms with van der Waals surface area (Å²) in [5.41, 5.74) is 1.82. The van der Waals surface area contributed by atoms with Gasteiger partial charge in [-0.3, -0.25) is 4.79 Å². The van der Waals surface area contributed by atoms with E-state index >= 15 is 0 Å². The molecule has 1 unspecified atom stereocenters. The number of hydrogen-bond donors (Lipinski definition) is 0. The van der Waals surface area contributed by atoms with E-state index in [1.807, 2.05) is 29.2 Å². The summed E-state index contributed by atoms with van der Waals surface area (Å²) in [5, 5.41) is 0. The Morgan fingerprint density at radius 2 is 2.19 bits per heavy atom. The summed E-state index contributed by atoms with van der Waals surface area (Å²) in [6.45, 7) is 5.28. The number of benzene rings is 1. The molecule has 0 bridgehead atoms. The molecule has 1 aliphatic heterocycles. The second-order valence-electron chi connectivity index (χ2n) is 3.54. The van der Waals surface area contributed by atoms with E-state index in [0.29, 0.717) is 13.2 Å². The molecule has 1 atom stereocenters. The Morgan fingerprint density at radius 1 is 1.50 bits per heavy atom. The predicted molar refractivity (Wildman–Crippen MR) is 65.7 cm³/mol. The van der Waals surface area contributed by atoms with Crippen molar-refractivity contribution in [3.05, 3.63) is 40.9 Å². The molecule has 1 fully saturated rings. The minimum Gasteiger partial charge on any atom is -0.349 e. The quantitative estimate of drug-likeness (QED) is 0.797. The number of carbonyl (C=O) groups excluding carboxylic acids is 1. The van der Waals surface area contributed by atoms with Crippen molar-refractivity contribution in [2.45, 2.75) is 6.23 Å². The zero-order valence-corrected chi connectivity index (χ0v) is 10.3. The largest absolute Gasteiger partial charge is 0.349 e. The van der Waals surface area contributed by atoms with Crippen molar-refractivity contribution in [2.24, 2.45) is 0 Å². The zero-order chi connectivity index (χ0) is 11.5. The fourth-order valence-corrected chi connectivity index (χ4v) is 1.96. The van der Waals surface area contributed by atoms with E-state index in [9.17, 15) is 4.79 Å². The molecule has 84 valence electrons. The molecule has 0 N–H and O–H groups in total. The van der Waals surface area contributed by atoms with Crippen molar-refractivity contribution >= 4 is 27.9 Å². The van der Waals surface area contributed by atoms with Gasteiger partial charge < -0.3 is 9.64 Å². The van der Waals surface area contributed by atoms with E-state index in [2.05, 4.69) is 22.5 Å². The maximum atomic E-state index is 10.8. The predicted octanol–water partition coefficient (Wildman–Crippen LogP) is 2.28. The van der Waals surface area contributed by atoms with E-state index in [1.54, 1.807) is 0 Å². The fraction of sp³-hybridized carbons (Fsp3) is 0.250. The molecule has 1 aromatic carbocycles. The van der Waals surface area contributed by atoms with Gasteiger partial charge in [-0.05, 0) is 17.7 Å². The Morgan fingerprint density at radius 3 is 2.81 bits per heavy atom. The number of hydrogen-bond acceptors (Lipinski definition) is 3. The average molecular weight is 282 g/mol. The van der Waals surface area contributed by atoms with Crippen LogP contribution in [0.2, 0.25) is 0 Å². The van der Waals surface area contributed by atoms with E-state index < -0.39 is 6.23 Å². The summed E-state index contributed by atoms with van der Waals surface area (Å²) in [6, 6.07) is 7.83. The van der Waals surface area contributed by atoms with Crippen LogP contribution in [0.15, 0.2) is 35.3 Å². The monoisotopic (exact) mass is 281 g/mol. The van der Waals surface area contributed by atoms with E-state index in [-0.39, 0.29) is 0 Å². The summed E-state index contributed by atoms with van der Waals surface area (Å²) in [7, 11) is 0. The van der Waals surface area contributed by atoms with Gasteiger partial charge in [-0.25, -0.2) is 0 Å². The van der Waals surface area contributed by atoms with Gasteiger partial charge in [0.05, 0.1) is 6.61 Å². The summed E-state index contributed by atoms with van der Waals surface area (Å²) in [6.07, 6.45) is 0.313. The third-order valence-corrected chi connectivity index (χ3v) is 3.10. The van der Waals surface area contributed by atoms with E-state index in [1.165, 1.54) is 0 Å². The third kappa shape index (κ3) is 2.18. The van der Waals surface area contributed by atoms with Gasteiger partial charge >= 0.3 is 0 Å². The van der Waals surface area contributed by atoms with Crippen LogP contribution in [0.3, 0.4) is 0 Å². The molecule has 1 saturated heterocycles. The van der Waals surface area contributed by atoms with Gasteiger partial charge in [0.15, 0.2) is 12.5 Å². The van der Waals surface area contributed by atoms with Gasteiger partial charge in [0.1, 0.15) is 0 Å². The third-order valence-electron chi connectivity index (χ3n) is 2.57. The molecule has 0 aliphatic carbocycles. The topological polar surface area (TPSA) is 29.5 Å². The lowest BCUT2D eigenvalue weighted by Gasteiger charge is -2.23. The smallest absolute Gasteiger partial charge is 0.186 e. The van der Waals surface area contributed by atoms with Crippen LogP contribution in [0.1, 0.15) is 5.56 Å². The minimum atomic E-state index is -0.490. The minimum absolute atomic E-state index is 0.490. The van der Waals surface area contributed by atoms with Crippen LogP contribution >= 0.6 is 15.9 Å². The first kappa shape index (κ1) is 11.4. The first-order chi connectivity index (χ1) is 7.72. The molecule has 1 heterocycles. The first-order valence-electron chi connectivity index (χ1n) is 5.01. The average Bonchev–Trinajstić information content (AvgIpc) is 2.77. The molecule has 0 spiro atoms. The SMILES string of the molecule is C=C(c1ccc(Br)cc1)N1CCOC1C=O. The molecule has 1 aliphatic rings. The van der Waals surface area contributed by atoms with Gasteiger partial charge in [-0.15, -0.1) is 0 Å². The standard InChI is InChI=1S/C12H12BrNO2/c1-9(10-2-4-11(13)5-3-10)14-6-7-16-12(14)8-15/h2-5,8,12H,1,6-7H2. The van der Waals surface area contributed by atoms with Crippen molar-refractivity contribution < 1.29 is 9.53 Å².